The fraction of sp³-hybridized carbons (Fsp3) is 0.333. The lowest BCUT2D eigenvalue weighted by atomic mass is 10.1. The Kier molecular flexibility index (Phi) is 6.38. The molecule has 8 heteroatoms. The summed E-state index contributed by atoms with van der Waals surface area (Å²) in [4.78, 5) is 41.9. The Hall–Kier alpha value is -1.69. The number of rotatable bonds is 3. The first-order valence-corrected chi connectivity index (χ1v) is 7.42. The molecule has 0 fully saturated rings. The van der Waals surface area contributed by atoms with Crippen LogP contribution in [0.2, 0.25) is 0 Å². The van der Waals surface area contributed by atoms with Gasteiger partial charge < -0.3 is 19.8 Å². The summed E-state index contributed by atoms with van der Waals surface area (Å²) in [7, 11) is -3.13. The molecule has 0 aliphatic heterocycles. The van der Waals surface area contributed by atoms with Gasteiger partial charge in [0.2, 0.25) is 0 Å². The molecule has 7 nitrogen and oxygen atoms in total. The highest BCUT2D eigenvalue weighted by atomic mass is 31.1. The number of hydrogen-bond donors (Lipinski definition) is 4. The average Bonchev–Trinajstić information content (AvgIpc) is 2.37. The number of aryl methyl sites for hydroxylation is 1. The van der Waals surface area contributed by atoms with E-state index in [1.807, 2.05) is 12.1 Å². The molecule has 110 valence electrons. The summed E-state index contributed by atoms with van der Waals surface area (Å²) in [6.45, 7) is 2.12. The molecule has 0 saturated carbocycles. The molecular formula is C12H17N2O5P. The Morgan fingerprint density at radius 3 is 2.35 bits per heavy atom. The molecule has 1 aromatic carbocycles. The Labute approximate surface area is 115 Å². The van der Waals surface area contributed by atoms with E-state index in [4.69, 9.17) is 14.4 Å². The van der Waals surface area contributed by atoms with E-state index < -0.39 is 19.4 Å². The van der Waals surface area contributed by atoms with Crippen LogP contribution in [-0.4, -0.2) is 19.8 Å². The van der Waals surface area contributed by atoms with E-state index in [0.29, 0.717) is 5.52 Å². The summed E-state index contributed by atoms with van der Waals surface area (Å²) in [5.74, 6) is 0. The standard InChI is InChI=1S/C12H14N2O2.H3O3P/c1-2-3-5-8-6-4-7-9-10(8)14-12(16)11(15)13-9;1-4(2)3/h4,6-7H,2-3,5H2,1H3,(H,13,15)(H,14,16);4H,(H2,1,2,3). The quantitative estimate of drug-likeness (QED) is 0.496. The summed E-state index contributed by atoms with van der Waals surface area (Å²) in [6.07, 6.45) is 3.08. The van der Waals surface area contributed by atoms with Crippen molar-refractivity contribution in [1.82, 2.24) is 9.97 Å². The molecule has 20 heavy (non-hydrogen) atoms. The van der Waals surface area contributed by atoms with Gasteiger partial charge in [-0.25, -0.2) is 0 Å². The molecular weight excluding hydrogens is 283 g/mol. The normalized spacial score (nSPS) is 10.4. The van der Waals surface area contributed by atoms with Crippen LogP contribution >= 0.6 is 8.25 Å². The van der Waals surface area contributed by atoms with Gasteiger partial charge in [-0.3, -0.25) is 14.2 Å². The lowest BCUT2D eigenvalue weighted by Crippen LogP contribution is -2.29. The number of unbranched alkanes of at least 4 members (excludes halogenated alkanes) is 1. The summed E-state index contributed by atoms with van der Waals surface area (Å²) in [5, 5.41) is 0. The largest absolute Gasteiger partial charge is 0.326 e. The smallest absolute Gasteiger partial charge is 0.314 e. The number of benzene rings is 1. The molecule has 0 aliphatic carbocycles. The number of para-hydroxylation sites is 1. The van der Waals surface area contributed by atoms with Crippen LogP contribution < -0.4 is 11.1 Å². The lowest BCUT2D eigenvalue weighted by molar-refractivity contribution is 0.405. The van der Waals surface area contributed by atoms with Crippen molar-refractivity contribution in [2.75, 3.05) is 0 Å². The van der Waals surface area contributed by atoms with Crippen molar-refractivity contribution >= 4 is 19.3 Å². The molecule has 0 saturated heterocycles. The second kappa shape index (κ2) is 7.79. The highest BCUT2D eigenvalue weighted by Gasteiger charge is 2.03. The molecule has 0 radical (unpaired) electrons. The summed E-state index contributed by atoms with van der Waals surface area (Å²) < 4.78 is 8.74. The van der Waals surface area contributed by atoms with Gasteiger partial charge in [0.1, 0.15) is 0 Å². The highest BCUT2D eigenvalue weighted by molar-refractivity contribution is 7.30. The third-order valence-corrected chi connectivity index (χ3v) is 2.64. The Morgan fingerprint density at radius 2 is 1.75 bits per heavy atom. The van der Waals surface area contributed by atoms with E-state index in [9.17, 15) is 9.59 Å². The van der Waals surface area contributed by atoms with Gasteiger partial charge in [0.25, 0.3) is 0 Å². The van der Waals surface area contributed by atoms with Crippen molar-refractivity contribution in [3.63, 3.8) is 0 Å². The minimum absolute atomic E-state index is 0.587. The van der Waals surface area contributed by atoms with Crippen LogP contribution in [0.4, 0.5) is 0 Å². The molecule has 0 bridgehead atoms. The van der Waals surface area contributed by atoms with Crippen molar-refractivity contribution in [2.24, 2.45) is 0 Å². The molecule has 0 amide bonds. The van der Waals surface area contributed by atoms with Gasteiger partial charge in [0, 0.05) is 0 Å². The van der Waals surface area contributed by atoms with Crippen molar-refractivity contribution in [3.05, 3.63) is 44.5 Å². The minimum Gasteiger partial charge on any atom is -0.326 e. The Morgan fingerprint density at radius 1 is 1.15 bits per heavy atom. The number of aromatic nitrogens is 2. The van der Waals surface area contributed by atoms with Crippen LogP contribution in [0.3, 0.4) is 0 Å². The maximum atomic E-state index is 11.3. The number of H-pyrrole nitrogens is 2. The van der Waals surface area contributed by atoms with Gasteiger partial charge in [-0.05, 0) is 24.5 Å². The monoisotopic (exact) mass is 300 g/mol. The fourth-order valence-corrected chi connectivity index (χ4v) is 1.78. The van der Waals surface area contributed by atoms with Crippen LogP contribution in [0, 0.1) is 0 Å². The van der Waals surface area contributed by atoms with Gasteiger partial charge in [-0.1, -0.05) is 25.5 Å². The maximum absolute atomic E-state index is 11.3. The minimum atomic E-state index is -3.13. The van der Waals surface area contributed by atoms with Crippen LogP contribution in [0.1, 0.15) is 25.3 Å². The van der Waals surface area contributed by atoms with Crippen molar-refractivity contribution in [1.29, 1.82) is 0 Å². The molecule has 4 N–H and O–H groups in total. The summed E-state index contributed by atoms with van der Waals surface area (Å²) in [6, 6.07) is 5.66. The number of hydrogen-bond acceptors (Lipinski definition) is 3. The van der Waals surface area contributed by atoms with E-state index >= 15 is 0 Å². The molecule has 0 unspecified atom stereocenters. The molecule has 2 aromatic rings. The summed E-state index contributed by atoms with van der Waals surface area (Å²) in [5.41, 5.74) is 1.34. The molecule has 0 spiro atoms. The van der Waals surface area contributed by atoms with Crippen LogP contribution in [-0.2, 0) is 11.0 Å². The van der Waals surface area contributed by atoms with Crippen LogP contribution in [0.25, 0.3) is 11.0 Å². The van der Waals surface area contributed by atoms with Gasteiger partial charge in [-0.15, -0.1) is 0 Å². The predicted octanol–water partition coefficient (Wildman–Crippen LogP) is 0.920. The number of aromatic amines is 2. The third kappa shape index (κ3) is 4.77. The van der Waals surface area contributed by atoms with Gasteiger partial charge in [0.15, 0.2) is 0 Å². The lowest BCUT2D eigenvalue weighted by Gasteiger charge is -2.04. The van der Waals surface area contributed by atoms with E-state index in [-0.39, 0.29) is 0 Å². The SMILES string of the molecule is CCCCc1cccc2[nH]c(=O)c(=O)[nH]c12.O=[PH](O)O. The molecule has 1 aromatic heterocycles. The van der Waals surface area contributed by atoms with Crippen LogP contribution in [0.15, 0.2) is 27.8 Å². The first kappa shape index (κ1) is 16.4. The van der Waals surface area contributed by atoms with E-state index in [1.54, 1.807) is 6.07 Å². The van der Waals surface area contributed by atoms with Crippen molar-refractivity contribution in [2.45, 2.75) is 26.2 Å². The second-order valence-corrected chi connectivity index (χ2v) is 4.70. The average molecular weight is 300 g/mol. The molecule has 2 rings (SSSR count). The maximum Gasteiger partial charge on any atom is 0.314 e. The predicted molar refractivity (Wildman–Crippen MR) is 77.2 cm³/mol. The Bertz CT molecular complexity index is 703. The van der Waals surface area contributed by atoms with E-state index in [1.165, 1.54) is 0 Å². The molecule has 1 heterocycles. The summed E-state index contributed by atoms with van der Waals surface area (Å²) >= 11 is 0. The zero-order valence-corrected chi connectivity index (χ0v) is 12.0. The highest BCUT2D eigenvalue weighted by Crippen LogP contribution is 2.14. The third-order valence-electron chi connectivity index (χ3n) is 2.64. The number of fused-ring (bicyclic) bond motifs is 1. The first-order chi connectivity index (χ1) is 9.45. The zero-order chi connectivity index (χ0) is 15.1. The van der Waals surface area contributed by atoms with Gasteiger partial charge in [0.05, 0.1) is 11.0 Å². The van der Waals surface area contributed by atoms with E-state index in [0.717, 1.165) is 30.3 Å². The topological polar surface area (TPSA) is 123 Å². The van der Waals surface area contributed by atoms with Crippen molar-refractivity contribution in [3.8, 4) is 0 Å². The number of nitrogens with one attached hydrogen (secondary N) is 2. The van der Waals surface area contributed by atoms with Gasteiger partial charge >= 0.3 is 19.4 Å². The molecule has 0 atom stereocenters. The molecule has 0 aliphatic rings. The fourth-order valence-electron chi connectivity index (χ4n) is 1.78. The first-order valence-electron chi connectivity index (χ1n) is 6.11. The second-order valence-electron chi connectivity index (χ2n) is 4.13. The van der Waals surface area contributed by atoms with E-state index in [2.05, 4.69) is 16.9 Å². The Balaban J connectivity index is 0.000000444. The van der Waals surface area contributed by atoms with Crippen molar-refractivity contribution < 1.29 is 14.4 Å². The van der Waals surface area contributed by atoms with Crippen LogP contribution in [0.5, 0.6) is 0 Å². The zero-order valence-electron chi connectivity index (χ0n) is 11.0. The van der Waals surface area contributed by atoms with Gasteiger partial charge in [-0.2, -0.15) is 0 Å².